The number of hydrogen-bond donors (Lipinski definition) is 3. The topological polar surface area (TPSA) is 158 Å². The van der Waals surface area contributed by atoms with Crippen molar-refractivity contribution in [3.05, 3.63) is 77.9 Å². The van der Waals surface area contributed by atoms with Gasteiger partial charge in [0.05, 0.1) is 38.4 Å². The van der Waals surface area contributed by atoms with Gasteiger partial charge in [-0.15, -0.1) is 6.58 Å². The van der Waals surface area contributed by atoms with E-state index in [1.807, 2.05) is 43.4 Å². The molecule has 0 spiro atoms. The Kier molecular flexibility index (Phi) is 21.5. The minimum absolute atomic E-state index is 0.0177. The standard InChI is InChI=1S/C55H81N3O10/c1-5-7-8-9-10-11-12-13-14-18-30-56-54(62)66-43-28-29-48-46(38-43)52-44(26-16-20-32-60)41(24-15-19-31-59)37-45-47(57-68-51-27-17-21-34-64-51)39-49(55(67-48,53(45)52)65-33-6-2)58(3)50(61)36-40-23-22-25-42(35-40)63-4/h6,22-23,25,28-29,35,37-38,41,44,49,51-53,59-60H,2,5,7-21,24,26-27,30-34,36,39H2,1,3-4H3,(H,56,62). The fraction of sp³-hybridized carbons (Fsp3) is 0.655. The number of nitrogens with one attached hydrogen (secondary N) is 1. The fourth-order valence-corrected chi connectivity index (χ4v) is 10.9. The fourth-order valence-electron chi connectivity index (χ4n) is 10.9. The molecule has 13 nitrogen and oxygen atoms in total. The Labute approximate surface area is 406 Å². The third kappa shape index (κ3) is 14.1. The zero-order valence-corrected chi connectivity index (χ0v) is 41.3. The maximum Gasteiger partial charge on any atom is 0.412 e. The molecule has 0 bridgehead atoms. The normalized spacial score (nSPS) is 24.5. The number of methoxy groups -OCH3 is 1. The van der Waals surface area contributed by atoms with Crippen molar-refractivity contribution in [1.82, 2.24) is 10.2 Å². The molecule has 6 rings (SSSR count). The molecule has 7 atom stereocenters. The number of carbonyl (C=O) groups excluding carboxylic acids is 2. The van der Waals surface area contributed by atoms with Crippen LogP contribution in [0.5, 0.6) is 17.2 Å². The van der Waals surface area contributed by atoms with E-state index >= 15 is 0 Å². The van der Waals surface area contributed by atoms with Crippen molar-refractivity contribution in [3.8, 4) is 17.2 Å². The second-order valence-corrected chi connectivity index (χ2v) is 19.2. The molecule has 2 fully saturated rings. The molecule has 376 valence electrons. The van der Waals surface area contributed by atoms with Gasteiger partial charge in [0.25, 0.3) is 0 Å². The van der Waals surface area contributed by atoms with Gasteiger partial charge in [-0.25, -0.2) is 4.79 Å². The largest absolute Gasteiger partial charge is 0.497 e. The third-order valence-corrected chi connectivity index (χ3v) is 14.4. The molecule has 13 heteroatoms. The number of benzene rings is 2. The Morgan fingerprint density at radius 1 is 0.926 bits per heavy atom. The maximum atomic E-state index is 14.6. The van der Waals surface area contributed by atoms with Crippen molar-refractivity contribution in [2.24, 2.45) is 22.9 Å². The minimum atomic E-state index is -1.41. The Bertz CT molecular complexity index is 1950. The van der Waals surface area contributed by atoms with Crippen LogP contribution in [0, 0.1) is 17.8 Å². The van der Waals surface area contributed by atoms with Crippen LogP contribution in [0.25, 0.3) is 0 Å². The first-order valence-corrected chi connectivity index (χ1v) is 26.0. The summed E-state index contributed by atoms with van der Waals surface area (Å²) in [4.78, 5) is 36.0. The lowest BCUT2D eigenvalue weighted by Gasteiger charge is -2.59. The number of fused-ring (bicyclic) bond motifs is 2. The molecule has 0 aromatic heterocycles. The molecule has 7 unspecified atom stereocenters. The molecule has 2 aromatic rings. The number of aliphatic hydroxyl groups excluding tert-OH is 2. The van der Waals surface area contributed by atoms with E-state index in [1.165, 1.54) is 44.9 Å². The molecule has 1 saturated heterocycles. The highest BCUT2D eigenvalue weighted by atomic mass is 16.8. The molecule has 2 aromatic carbocycles. The number of unbranched alkanes of at least 4 members (excludes halogenated alkanes) is 11. The second kappa shape index (κ2) is 27.7. The van der Waals surface area contributed by atoms with E-state index in [0.29, 0.717) is 49.0 Å². The molecule has 4 aliphatic rings. The first-order valence-electron chi connectivity index (χ1n) is 26.0. The van der Waals surface area contributed by atoms with Crippen LogP contribution in [0.2, 0.25) is 0 Å². The predicted octanol–water partition coefficient (Wildman–Crippen LogP) is 10.6. The Balaban J connectivity index is 1.36. The summed E-state index contributed by atoms with van der Waals surface area (Å²) >= 11 is 0. The first kappa shape index (κ1) is 52.9. The zero-order valence-electron chi connectivity index (χ0n) is 41.3. The summed E-state index contributed by atoms with van der Waals surface area (Å²) in [6, 6.07) is 12.4. The minimum Gasteiger partial charge on any atom is -0.497 e. The molecular weight excluding hydrogens is 863 g/mol. The number of ether oxygens (including phenoxy) is 5. The summed E-state index contributed by atoms with van der Waals surface area (Å²) in [7, 11) is 3.42. The average molecular weight is 944 g/mol. The Morgan fingerprint density at radius 2 is 1.68 bits per heavy atom. The number of rotatable bonds is 29. The molecule has 2 aliphatic carbocycles. The quantitative estimate of drug-likeness (QED) is 0.0407. The van der Waals surface area contributed by atoms with Gasteiger partial charge in [0, 0.05) is 51.1 Å². The van der Waals surface area contributed by atoms with Gasteiger partial charge in [-0.3, -0.25) is 4.79 Å². The van der Waals surface area contributed by atoms with Crippen molar-refractivity contribution >= 4 is 17.7 Å². The highest BCUT2D eigenvalue weighted by Gasteiger charge is 2.65. The molecule has 68 heavy (non-hydrogen) atoms. The highest BCUT2D eigenvalue weighted by Crippen LogP contribution is 2.62. The summed E-state index contributed by atoms with van der Waals surface area (Å²) in [5.41, 5.74) is 3.31. The summed E-state index contributed by atoms with van der Waals surface area (Å²) < 4.78 is 31.9. The highest BCUT2D eigenvalue weighted by molar-refractivity contribution is 6.03. The van der Waals surface area contributed by atoms with Gasteiger partial charge in [-0.2, -0.15) is 0 Å². The molecule has 1 saturated carbocycles. The van der Waals surface area contributed by atoms with Crippen molar-refractivity contribution in [2.45, 2.75) is 166 Å². The second-order valence-electron chi connectivity index (χ2n) is 19.2. The number of oxime groups is 1. The molecular formula is C55H81N3O10. The molecule has 2 amide bonds. The van der Waals surface area contributed by atoms with Crippen molar-refractivity contribution in [3.63, 3.8) is 0 Å². The number of carbonyl (C=O) groups is 2. The van der Waals surface area contributed by atoms with E-state index in [2.05, 4.69) is 24.9 Å². The molecule has 2 heterocycles. The number of aliphatic hydroxyl groups is 2. The predicted molar refractivity (Wildman–Crippen MR) is 265 cm³/mol. The van der Waals surface area contributed by atoms with Crippen LogP contribution in [-0.4, -0.2) is 98.1 Å². The summed E-state index contributed by atoms with van der Waals surface area (Å²) in [5, 5.41) is 27.9. The SMILES string of the molecule is C=CCOC12Oc3ccc(OC(=O)NCCCCCCCCCCCC)cc3C3C(CCCCO)C(CCCCO)C=C(C(=NOC4CCCCO4)CC1N(C)C(=O)Cc1cccc(OC)c1)C32. The van der Waals surface area contributed by atoms with E-state index in [-0.39, 0.29) is 56.3 Å². The summed E-state index contributed by atoms with van der Waals surface area (Å²) in [6.07, 6.45) is 22.7. The summed E-state index contributed by atoms with van der Waals surface area (Å²) in [5.74, 6) is -0.579. The van der Waals surface area contributed by atoms with Gasteiger partial charge in [-0.05, 0) is 98.2 Å². The smallest absolute Gasteiger partial charge is 0.412 e. The van der Waals surface area contributed by atoms with Crippen molar-refractivity contribution in [2.75, 3.05) is 47.1 Å². The maximum absolute atomic E-state index is 14.6. The number of allylic oxidation sites excluding steroid dienone is 1. The monoisotopic (exact) mass is 944 g/mol. The van der Waals surface area contributed by atoms with E-state index in [1.54, 1.807) is 24.2 Å². The molecule has 3 N–H and O–H groups in total. The molecule has 2 aliphatic heterocycles. The zero-order chi connectivity index (χ0) is 48.1. The van der Waals surface area contributed by atoms with E-state index in [9.17, 15) is 19.8 Å². The number of amides is 2. The number of nitrogens with zero attached hydrogens (tertiary/aromatic N) is 2. The van der Waals surface area contributed by atoms with Crippen molar-refractivity contribution in [1.29, 1.82) is 0 Å². The van der Waals surface area contributed by atoms with Gasteiger partial charge in [0.1, 0.15) is 23.3 Å². The van der Waals surface area contributed by atoms with Gasteiger partial charge < -0.3 is 49.0 Å². The summed E-state index contributed by atoms with van der Waals surface area (Å²) in [6.45, 7) is 7.74. The van der Waals surface area contributed by atoms with Crippen LogP contribution in [-0.2, 0) is 25.5 Å². The van der Waals surface area contributed by atoms with Crippen molar-refractivity contribution < 1.29 is 48.3 Å². The Hall–Kier alpha value is -4.43. The van der Waals surface area contributed by atoms with Gasteiger partial charge in [-0.1, -0.05) is 107 Å². The molecule has 0 radical (unpaired) electrons. The van der Waals surface area contributed by atoms with E-state index < -0.39 is 30.1 Å². The first-order chi connectivity index (χ1) is 33.3. The van der Waals surface area contributed by atoms with Crippen LogP contribution in [0.3, 0.4) is 0 Å². The van der Waals surface area contributed by atoms with Crippen LogP contribution < -0.4 is 19.5 Å². The third-order valence-electron chi connectivity index (χ3n) is 14.4. The van der Waals surface area contributed by atoms with Gasteiger partial charge in [0.15, 0.2) is 0 Å². The lowest BCUT2D eigenvalue weighted by molar-refractivity contribution is -0.255. The van der Waals surface area contributed by atoms with Gasteiger partial charge >= 0.3 is 6.09 Å². The van der Waals surface area contributed by atoms with Crippen LogP contribution in [0.15, 0.2) is 71.9 Å². The van der Waals surface area contributed by atoms with Crippen LogP contribution in [0.1, 0.15) is 152 Å². The Morgan fingerprint density at radius 3 is 2.38 bits per heavy atom. The van der Waals surface area contributed by atoms with Gasteiger partial charge in [0.2, 0.25) is 18.0 Å². The van der Waals surface area contributed by atoms with Crippen LogP contribution >= 0.6 is 0 Å². The van der Waals surface area contributed by atoms with E-state index in [4.69, 9.17) is 33.7 Å². The number of hydrogen-bond acceptors (Lipinski definition) is 11. The lowest BCUT2D eigenvalue weighted by atomic mass is 9.55. The van der Waals surface area contributed by atoms with E-state index in [0.717, 1.165) is 80.9 Å². The average Bonchev–Trinajstić information content (AvgIpc) is 3.35. The lowest BCUT2D eigenvalue weighted by Crippen LogP contribution is -2.69. The number of likely N-dealkylation sites (N-methyl/N-ethyl adjacent to an activating group) is 1. The van der Waals surface area contributed by atoms with Crippen LogP contribution in [0.4, 0.5) is 4.79 Å².